The lowest BCUT2D eigenvalue weighted by molar-refractivity contribution is -0.0211. The summed E-state index contributed by atoms with van der Waals surface area (Å²) in [5.41, 5.74) is 5.76. The Hall–Kier alpha value is -3.57. The van der Waals surface area contributed by atoms with Gasteiger partial charge in [-0.2, -0.15) is 0 Å². The molecule has 0 saturated carbocycles. The number of piperidine rings is 1. The monoisotopic (exact) mass is 457 g/mol. The van der Waals surface area contributed by atoms with E-state index in [9.17, 15) is 4.79 Å². The Balaban J connectivity index is 0.00000228. The van der Waals surface area contributed by atoms with Gasteiger partial charge in [-0.15, -0.1) is 12.4 Å². The molecule has 2 aliphatic heterocycles. The zero-order valence-corrected chi connectivity index (χ0v) is 18.8. The molecule has 0 aliphatic carbocycles. The molecule has 0 unspecified atom stereocenters. The summed E-state index contributed by atoms with van der Waals surface area (Å²) in [5.74, 6) is 0.660. The topological polar surface area (TPSA) is 58.2 Å². The molecule has 0 radical (unpaired) electrons. The van der Waals surface area contributed by atoms with Gasteiger partial charge in [-0.25, -0.2) is 9.78 Å². The van der Waals surface area contributed by atoms with Gasteiger partial charge in [0.25, 0.3) is 0 Å². The number of ether oxygens (including phenoxy) is 1. The summed E-state index contributed by atoms with van der Waals surface area (Å²) < 4.78 is 5.87. The van der Waals surface area contributed by atoms with Crippen LogP contribution in [0.15, 0.2) is 85.1 Å². The molecule has 4 aromatic rings. The fraction of sp³-hybridized carbons (Fsp3) is 0.185. The molecule has 33 heavy (non-hydrogen) atoms. The number of hydrogen-bond donors (Lipinski definition) is 1. The largest absolute Gasteiger partial charge is 0.450 e. The highest BCUT2D eigenvalue weighted by atomic mass is 35.5. The van der Waals surface area contributed by atoms with E-state index in [4.69, 9.17) is 4.74 Å². The van der Waals surface area contributed by atoms with Crippen molar-refractivity contribution in [2.24, 2.45) is 0 Å². The summed E-state index contributed by atoms with van der Waals surface area (Å²) in [7, 11) is 0. The lowest BCUT2D eigenvalue weighted by atomic mass is 9.84. The normalized spacial score (nSPS) is 16.2. The molecule has 3 aromatic carbocycles. The van der Waals surface area contributed by atoms with Gasteiger partial charge in [0.1, 0.15) is 5.60 Å². The maximum Gasteiger partial charge on any atom is 0.339 e. The number of carbonyl (C=O) groups is 1. The second kappa shape index (κ2) is 8.41. The molecule has 0 atom stereocenters. The minimum atomic E-state index is -0.493. The van der Waals surface area contributed by atoms with Gasteiger partial charge in [0.2, 0.25) is 5.95 Å². The number of benzene rings is 3. The molecular weight excluding hydrogens is 434 g/mol. The van der Waals surface area contributed by atoms with E-state index in [1.54, 1.807) is 0 Å². The van der Waals surface area contributed by atoms with Crippen LogP contribution in [-0.4, -0.2) is 29.0 Å². The molecule has 1 saturated heterocycles. The number of carbonyl (C=O) groups excluding carboxylic acids is 1. The van der Waals surface area contributed by atoms with Crippen LogP contribution in [-0.2, 0) is 10.3 Å². The number of anilines is 1. The Morgan fingerprint density at radius 3 is 2.21 bits per heavy atom. The number of hydrogen-bond acceptors (Lipinski definition) is 4. The van der Waals surface area contributed by atoms with Crippen LogP contribution in [0.4, 0.5) is 5.95 Å². The summed E-state index contributed by atoms with van der Waals surface area (Å²) in [6.45, 7) is 1.56. The van der Waals surface area contributed by atoms with Crippen molar-refractivity contribution in [2.75, 3.05) is 18.0 Å². The lowest BCUT2D eigenvalue weighted by Gasteiger charge is -2.38. The molecule has 0 bridgehead atoms. The van der Waals surface area contributed by atoms with Gasteiger partial charge in [0.05, 0.1) is 17.5 Å². The van der Waals surface area contributed by atoms with Crippen molar-refractivity contribution in [3.63, 3.8) is 0 Å². The van der Waals surface area contributed by atoms with E-state index in [2.05, 4.69) is 63.4 Å². The third-order valence-corrected chi connectivity index (χ3v) is 6.66. The number of nitrogens with one attached hydrogen (secondary N) is 1. The van der Waals surface area contributed by atoms with Crippen molar-refractivity contribution < 1.29 is 9.53 Å². The van der Waals surface area contributed by atoms with Crippen LogP contribution in [0.1, 0.15) is 28.8 Å². The third-order valence-electron chi connectivity index (χ3n) is 6.66. The van der Waals surface area contributed by atoms with E-state index in [0.717, 1.165) is 48.7 Å². The minimum Gasteiger partial charge on any atom is -0.450 e. The van der Waals surface area contributed by atoms with Crippen molar-refractivity contribution in [1.82, 2.24) is 9.97 Å². The second-order valence-electron chi connectivity index (χ2n) is 8.48. The number of rotatable bonds is 3. The quantitative estimate of drug-likeness (QED) is 0.393. The number of esters is 1. The Morgan fingerprint density at radius 2 is 1.45 bits per heavy atom. The highest BCUT2D eigenvalue weighted by Crippen LogP contribution is 2.44. The molecule has 2 aliphatic rings. The van der Waals surface area contributed by atoms with E-state index in [0.29, 0.717) is 5.56 Å². The Bertz CT molecular complexity index is 1280. The Kier molecular flexibility index (Phi) is 5.43. The number of aromatic amines is 1. The SMILES string of the molecule is Cl.O=C1OC2(CCN(c3ncc(-c4ccc(-c5ccccc5)cc4)[nH]3)CC2)c2ccccc21. The van der Waals surface area contributed by atoms with Crippen LogP contribution in [0, 0.1) is 0 Å². The first-order valence-electron chi connectivity index (χ1n) is 11.0. The summed E-state index contributed by atoms with van der Waals surface area (Å²) >= 11 is 0. The maximum atomic E-state index is 12.3. The van der Waals surface area contributed by atoms with E-state index < -0.39 is 5.60 Å². The minimum absolute atomic E-state index is 0. The second-order valence-corrected chi connectivity index (χ2v) is 8.48. The predicted octanol–water partition coefficient (Wildman–Crippen LogP) is 5.83. The molecule has 1 N–H and O–H groups in total. The average molecular weight is 458 g/mol. The van der Waals surface area contributed by atoms with Gasteiger partial charge >= 0.3 is 5.97 Å². The van der Waals surface area contributed by atoms with Crippen LogP contribution in [0.25, 0.3) is 22.4 Å². The molecular formula is C27H24ClN3O2. The van der Waals surface area contributed by atoms with Crippen molar-refractivity contribution in [3.8, 4) is 22.4 Å². The number of aromatic nitrogens is 2. The lowest BCUT2D eigenvalue weighted by Crippen LogP contribution is -2.43. The zero-order chi connectivity index (χ0) is 21.5. The first-order valence-corrected chi connectivity index (χ1v) is 11.0. The molecule has 6 heteroatoms. The van der Waals surface area contributed by atoms with Gasteiger partial charge in [-0.3, -0.25) is 0 Å². The van der Waals surface area contributed by atoms with Crippen LogP contribution in [0.3, 0.4) is 0 Å². The van der Waals surface area contributed by atoms with Crippen molar-refractivity contribution in [2.45, 2.75) is 18.4 Å². The van der Waals surface area contributed by atoms with Crippen molar-refractivity contribution in [3.05, 3.63) is 96.2 Å². The van der Waals surface area contributed by atoms with E-state index >= 15 is 0 Å². The Morgan fingerprint density at radius 1 is 0.818 bits per heavy atom. The van der Waals surface area contributed by atoms with E-state index in [-0.39, 0.29) is 18.4 Å². The van der Waals surface area contributed by atoms with Gasteiger partial charge in [-0.05, 0) is 22.8 Å². The zero-order valence-electron chi connectivity index (χ0n) is 18.0. The standard InChI is InChI=1S/C27H23N3O2.ClH/c31-25-22-8-4-5-9-23(22)27(32-25)14-16-30(17-15-27)26-28-18-24(29-26)21-12-10-20(11-13-21)19-6-2-1-3-7-19;/h1-13,18H,14-17H2,(H,28,29);1H. The van der Waals surface area contributed by atoms with Crippen molar-refractivity contribution in [1.29, 1.82) is 0 Å². The maximum absolute atomic E-state index is 12.3. The number of nitrogens with zero attached hydrogens (tertiary/aromatic N) is 2. The van der Waals surface area contributed by atoms with Crippen LogP contribution in [0.2, 0.25) is 0 Å². The number of H-pyrrole nitrogens is 1. The Labute approximate surface area is 198 Å². The molecule has 1 aromatic heterocycles. The summed E-state index contributed by atoms with van der Waals surface area (Å²) in [6.07, 6.45) is 3.41. The summed E-state index contributed by atoms with van der Waals surface area (Å²) in [6, 6.07) is 26.7. The number of fused-ring (bicyclic) bond motifs is 2. The van der Waals surface area contributed by atoms with Crippen LogP contribution in [0.5, 0.6) is 0 Å². The van der Waals surface area contributed by atoms with E-state index in [1.807, 2.05) is 36.5 Å². The summed E-state index contributed by atoms with van der Waals surface area (Å²) in [5, 5.41) is 0. The van der Waals surface area contributed by atoms with E-state index in [1.165, 1.54) is 11.1 Å². The first-order chi connectivity index (χ1) is 15.7. The number of imidazole rings is 1. The first kappa shape index (κ1) is 21.3. The van der Waals surface area contributed by atoms with Gasteiger partial charge in [-0.1, -0.05) is 72.8 Å². The molecule has 6 rings (SSSR count). The fourth-order valence-electron chi connectivity index (χ4n) is 4.89. The van der Waals surface area contributed by atoms with Gasteiger partial charge in [0.15, 0.2) is 0 Å². The van der Waals surface area contributed by atoms with Crippen LogP contribution < -0.4 is 4.90 Å². The molecule has 166 valence electrons. The predicted molar refractivity (Wildman–Crippen MR) is 132 cm³/mol. The molecule has 5 nitrogen and oxygen atoms in total. The van der Waals surface area contributed by atoms with Crippen molar-refractivity contribution >= 4 is 24.3 Å². The third kappa shape index (κ3) is 3.68. The highest BCUT2D eigenvalue weighted by molar-refractivity contribution is 5.94. The van der Waals surface area contributed by atoms with Crippen LogP contribution >= 0.6 is 12.4 Å². The smallest absolute Gasteiger partial charge is 0.339 e. The number of halogens is 1. The molecule has 3 heterocycles. The average Bonchev–Trinajstić information content (AvgIpc) is 3.45. The molecule has 1 spiro atoms. The molecule has 0 amide bonds. The van der Waals surface area contributed by atoms with Gasteiger partial charge in [0, 0.05) is 31.5 Å². The molecule has 1 fully saturated rings. The van der Waals surface area contributed by atoms with Gasteiger partial charge < -0.3 is 14.6 Å². The summed E-state index contributed by atoms with van der Waals surface area (Å²) in [4.78, 5) is 22.7. The highest BCUT2D eigenvalue weighted by Gasteiger charge is 2.47. The fourth-order valence-corrected chi connectivity index (χ4v) is 4.89.